The molecule has 0 fully saturated rings. The van der Waals surface area contributed by atoms with Gasteiger partial charge in [0.2, 0.25) is 0 Å². The van der Waals surface area contributed by atoms with E-state index in [2.05, 4.69) is 21.2 Å². The van der Waals surface area contributed by atoms with Crippen LogP contribution in [0, 0.1) is 0 Å². The number of rotatable bonds is 7. The topological polar surface area (TPSA) is 56.8 Å². The largest absolute Gasteiger partial charge is 0.493 e. The van der Waals surface area contributed by atoms with Gasteiger partial charge in [0.15, 0.2) is 11.5 Å². The van der Waals surface area contributed by atoms with Crippen LogP contribution in [-0.2, 0) is 16.1 Å². The van der Waals surface area contributed by atoms with Crippen LogP contribution in [0.15, 0.2) is 16.6 Å². The predicted molar refractivity (Wildman–Crippen MR) is 84.8 cm³/mol. The Morgan fingerprint density at radius 1 is 1.33 bits per heavy atom. The Balaban J connectivity index is 2.90. The Morgan fingerprint density at radius 3 is 2.52 bits per heavy atom. The van der Waals surface area contributed by atoms with E-state index in [1.165, 1.54) is 7.11 Å². The summed E-state index contributed by atoms with van der Waals surface area (Å²) in [6, 6.07) is 3.82. The van der Waals surface area contributed by atoms with Gasteiger partial charge >= 0.3 is 5.97 Å². The molecule has 118 valence electrons. The third-order valence-corrected chi connectivity index (χ3v) is 3.60. The molecule has 0 aromatic heterocycles. The highest BCUT2D eigenvalue weighted by Gasteiger charge is 2.27. The number of hydrogen-bond acceptors (Lipinski definition) is 5. The number of esters is 1. The molecule has 0 aliphatic rings. The van der Waals surface area contributed by atoms with E-state index in [1.54, 1.807) is 21.0 Å². The van der Waals surface area contributed by atoms with E-state index in [-0.39, 0.29) is 5.97 Å². The molecule has 0 heterocycles. The minimum absolute atomic E-state index is 0.306. The van der Waals surface area contributed by atoms with Crippen LogP contribution >= 0.6 is 15.9 Å². The molecule has 0 unspecified atom stereocenters. The average molecular weight is 360 g/mol. The fraction of sp³-hybridized carbons (Fsp3) is 0.533. The van der Waals surface area contributed by atoms with Crippen molar-refractivity contribution in [2.45, 2.75) is 32.9 Å². The van der Waals surface area contributed by atoms with Crippen LogP contribution in [0.3, 0.4) is 0 Å². The zero-order valence-electron chi connectivity index (χ0n) is 13.1. The second-order valence-corrected chi connectivity index (χ2v) is 5.87. The van der Waals surface area contributed by atoms with E-state index < -0.39 is 5.54 Å². The highest BCUT2D eigenvalue weighted by Crippen LogP contribution is 2.36. The molecule has 1 N–H and O–H groups in total. The lowest BCUT2D eigenvalue weighted by atomic mass is 10.1. The van der Waals surface area contributed by atoms with E-state index in [0.29, 0.717) is 24.7 Å². The monoisotopic (exact) mass is 359 g/mol. The second-order valence-electron chi connectivity index (χ2n) is 5.01. The molecule has 0 spiro atoms. The number of nitrogens with one attached hydrogen (secondary N) is 1. The average Bonchev–Trinajstić information content (AvgIpc) is 2.46. The van der Waals surface area contributed by atoms with Crippen molar-refractivity contribution in [3.8, 4) is 11.5 Å². The minimum atomic E-state index is -0.757. The van der Waals surface area contributed by atoms with Gasteiger partial charge < -0.3 is 14.2 Å². The molecule has 0 saturated heterocycles. The summed E-state index contributed by atoms with van der Waals surface area (Å²) in [5, 5.41) is 3.16. The number of carbonyl (C=O) groups is 1. The van der Waals surface area contributed by atoms with Gasteiger partial charge in [0.1, 0.15) is 5.54 Å². The van der Waals surface area contributed by atoms with E-state index in [4.69, 9.17) is 14.2 Å². The van der Waals surface area contributed by atoms with Crippen molar-refractivity contribution in [1.29, 1.82) is 0 Å². The number of benzene rings is 1. The molecule has 0 bridgehead atoms. The number of hydrogen-bond donors (Lipinski definition) is 1. The molecule has 0 atom stereocenters. The van der Waals surface area contributed by atoms with Crippen molar-refractivity contribution >= 4 is 21.9 Å². The van der Waals surface area contributed by atoms with Gasteiger partial charge in [-0.15, -0.1) is 0 Å². The summed E-state index contributed by atoms with van der Waals surface area (Å²) in [6.07, 6.45) is 0. The van der Waals surface area contributed by atoms with Gasteiger partial charge in [-0.25, -0.2) is 0 Å². The van der Waals surface area contributed by atoms with Crippen LogP contribution < -0.4 is 14.8 Å². The molecular formula is C15H22BrNO4. The van der Waals surface area contributed by atoms with Crippen molar-refractivity contribution in [3.05, 3.63) is 22.2 Å². The van der Waals surface area contributed by atoms with Gasteiger partial charge in [-0.1, -0.05) is 0 Å². The Labute approximate surface area is 134 Å². The molecule has 0 saturated carbocycles. The fourth-order valence-electron chi connectivity index (χ4n) is 1.81. The highest BCUT2D eigenvalue weighted by molar-refractivity contribution is 9.10. The third-order valence-electron chi connectivity index (χ3n) is 3.01. The molecule has 0 aliphatic heterocycles. The summed E-state index contributed by atoms with van der Waals surface area (Å²) in [7, 11) is 2.97. The first-order valence-corrected chi connectivity index (χ1v) is 7.47. The smallest absolute Gasteiger partial charge is 0.325 e. The van der Waals surface area contributed by atoms with Crippen molar-refractivity contribution in [3.63, 3.8) is 0 Å². The second kappa shape index (κ2) is 7.66. The molecule has 0 amide bonds. The first-order chi connectivity index (χ1) is 9.85. The van der Waals surface area contributed by atoms with Gasteiger partial charge in [0, 0.05) is 6.54 Å². The molecule has 6 heteroatoms. The van der Waals surface area contributed by atoms with Crippen LogP contribution in [0.1, 0.15) is 26.3 Å². The summed E-state index contributed by atoms with van der Waals surface area (Å²) in [5.74, 6) is 1.02. The summed E-state index contributed by atoms with van der Waals surface area (Å²) in [5.41, 5.74) is 0.215. The van der Waals surface area contributed by atoms with Crippen molar-refractivity contribution in [2.75, 3.05) is 20.8 Å². The molecule has 1 rings (SSSR count). The lowest BCUT2D eigenvalue weighted by Crippen LogP contribution is -2.46. The van der Waals surface area contributed by atoms with Crippen LogP contribution in [0.5, 0.6) is 11.5 Å². The van der Waals surface area contributed by atoms with E-state index >= 15 is 0 Å². The summed E-state index contributed by atoms with van der Waals surface area (Å²) in [6.45, 7) is 6.53. The van der Waals surface area contributed by atoms with Crippen molar-refractivity contribution in [1.82, 2.24) is 5.32 Å². The van der Waals surface area contributed by atoms with Gasteiger partial charge in [-0.3, -0.25) is 10.1 Å². The van der Waals surface area contributed by atoms with Crippen LogP contribution in [0.2, 0.25) is 0 Å². The Morgan fingerprint density at radius 2 is 2.00 bits per heavy atom. The number of halogens is 1. The molecule has 5 nitrogen and oxygen atoms in total. The minimum Gasteiger partial charge on any atom is -0.493 e. The maximum Gasteiger partial charge on any atom is 0.325 e. The Bertz CT molecular complexity index is 503. The SMILES string of the molecule is CCOc1c(Br)cc(CNC(C)(C)C(=O)OC)cc1OC. The highest BCUT2D eigenvalue weighted by atomic mass is 79.9. The van der Waals surface area contributed by atoms with Crippen LogP contribution in [-0.4, -0.2) is 32.3 Å². The molecule has 21 heavy (non-hydrogen) atoms. The first-order valence-electron chi connectivity index (χ1n) is 6.68. The van der Waals surface area contributed by atoms with E-state index in [0.717, 1.165) is 10.0 Å². The molecule has 1 aromatic rings. The lowest BCUT2D eigenvalue weighted by Gasteiger charge is -2.23. The maximum absolute atomic E-state index is 11.6. The summed E-state index contributed by atoms with van der Waals surface area (Å²) >= 11 is 3.48. The van der Waals surface area contributed by atoms with Gasteiger partial charge in [0.25, 0.3) is 0 Å². The van der Waals surface area contributed by atoms with Crippen molar-refractivity contribution < 1.29 is 19.0 Å². The van der Waals surface area contributed by atoms with Crippen LogP contribution in [0.25, 0.3) is 0 Å². The number of ether oxygens (including phenoxy) is 3. The van der Waals surface area contributed by atoms with Gasteiger partial charge in [-0.2, -0.15) is 0 Å². The Hall–Kier alpha value is -1.27. The molecular weight excluding hydrogens is 338 g/mol. The zero-order valence-corrected chi connectivity index (χ0v) is 14.7. The van der Waals surface area contributed by atoms with Gasteiger partial charge in [-0.05, 0) is 54.4 Å². The Kier molecular flexibility index (Phi) is 6.48. The summed E-state index contributed by atoms with van der Waals surface area (Å²) < 4.78 is 16.5. The van der Waals surface area contributed by atoms with Crippen molar-refractivity contribution in [2.24, 2.45) is 0 Å². The first kappa shape index (κ1) is 17.8. The standard InChI is InChI=1S/C15H22BrNO4/c1-6-21-13-11(16)7-10(8-12(13)19-4)9-17-15(2,3)14(18)20-5/h7-8,17H,6,9H2,1-5H3. The number of methoxy groups -OCH3 is 2. The molecule has 0 aliphatic carbocycles. The molecule has 0 radical (unpaired) electrons. The fourth-order valence-corrected chi connectivity index (χ4v) is 2.41. The van der Waals surface area contributed by atoms with Crippen LogP contribution in [0.4, 0.5) is 0 Å². The third kappa shape index (κ3) is 4.61. The molecule has 1 aromatic carbocycles. The van der Waals surface area contributed by atoms with E-state index in [9.17, 15) is 4.79 Å². The quantitative estimate of drug-likeness (QED) is 0.758. The lowest BCUT2D eigenvalue weighted by molar-refractivity contribution is -0.147. The number of carbonyl (C=O) groups excluding carboxylic acids is 1. The predicted octanol–water partition coefficient (Wildman–Crippen LogP) is 2.90. The zero-order chi connectivity index (χ0) is 16.0. The maximum atomic E-state index is 11.6. The summed E-state index contributed by atoms with van der Waals surface area (Å²) in [4.78, 5) is 11.6. The van der Waals surface area contributed by atoms with E-state index in [1.807, 2.05) is 19.1 Å². The normalized spacial score (nSPS) is 11.1. The van der Waals surface area contributed by atoms with Gasteiger partial charge in [0.05, 0.1) is 25.3 Å².